The molecule has 1 aliphatic rings. The molecule has 0 unspecified atom stereocenters. The van der Waals surface area contributed by atoms with Crippen LogP contribution in [0, 0.1) is 4.78 Å². The van der Waals surface area contributed by atoms with Gasteiger partial charge in [-0.1, -0.05) is 12.7 Å². The maximum atomic E-state index is 14.6. The highest BCUT2D eigenvalue weighted by molar-refractivity contribution is 14.1. The second kappa shape index (κ2) is 8.25. The van der Waals surface area contributed by atoms with E-state index < -0.39 is 37.5 Å². The predicted octanol–water partition coefficient (Wildman–Crippen LogP) is 5.26. The fourth-order valence-electron chi connectivity index (χ4n) is 2.43. The normalized spacial score (nSPS) is 28.4. The van der Waals surface area contributed by atoms with E-state index in [4.69, 9.17) is 9.52 Å². The van der Waals surface area contributed by atoms with Crippen LogP contribution in [0.5, 0.6) is 0 Å². The van der Waals surface area contributed by atoms with E-state index in [-0.39, 0.29) is 17.2 Å². The molecule has 2 N–H and O–H groups in total. The molecule has 28 heavy (non-hydrogen) atoms. The summed E-state index contributed by atoms with van der Waals surface area (Å²) < 4.78 is 41.0. The Morgan fingerprint density at radius 2 is 1.93 bits per heavy atom. The predicted molar refractivity (Wildman–Crippen MR) is 121 cm³/mol. The van der Waals surface area contributed by atoms with Crippen LogP contribution >= 0.6 is 22.6 Å². The first-order valence-corrected chi connectivity index (χ1v) is 11.5. The fourth-order valence-corrected chi connectivity index (χ4v) is 4.41. The molecule has 0 fully saturated rings. The molecule has 0 aromatic carbocycles. The number of allylic oxidation sites excluding steroid dienone is 3. The Hall–Kier alpha value is -1.23. The molecule has 1 aliphatic heterocycles. The molecule has 0 aromatic rings. The lowest BCUT2D eigenvalue weighted by Crippen LogP contribution is -2.58. The molecule has 0 aliphatic carbocycles. The van der Waals surface area contributed by atoms with Gasteiger partial charge in [-0.15, -0.1) is 0 Å². The van der Waals surface area contributed by atoms with Gasteiger partial charge in [0.1, 0.15) is 22.0 Å². The zero-order valence-corrected chi connectivity index (χ0v) is 20.4. The van der Waals surface area contributed by atoms with Crippen LogP contribution in [0.25, 0.3) is 0 Å². The van der Waals surface area contributed by atoms with Crippen molar-refractivity contribution in [1.29, 1.82) is 4.78 Å². The molecule has 1 amide bonds. The fraction of sp³-hybridized carbons (Fsp3) is 0.579. The first-order valence-electron chi connectivity index (χ1n) is 8.67. The first-order chi connectivity index (χ1) is 12.4. The number of carbonyl (C=O) groups excluding carboxylic acids is 1. The van der Waals surface area contributed by atoms with Gasteiger partial charge in [-0.2, -0.15) is 0 Å². The van der Waals surface area contributed by atoms with Crippen molar-refractivity contribution in [2.24, 2.45) is 4.99 Å². The van der Waals surface area contributed by atoms with Gasteiger partial charge in [0, 0.05) is 5.57 Å². The summed E-state index contributed by atoms with van der Waals surface area (Å²) in [7, 11) is -3.29. The highest BCUT2D eigenvalue weighted by Gasteiger charge is 2.49. The van der Waals surface area contributed by atoms with Crippen LogP contribution in [0.1, 0.15) is 48.5 Å². The SMILES string of the molecule is C=C(/C(F)=C\C=C(/C)I)[C@]1(C)C[S@](=N)(=O)C(C)(C)C(NC(=O)OC(C)(C)C)=N1. The number of hydrogen-bond donors (Lipinski definition) is 2. The number of carbonyl (C=O) groups is 1. The third-order valence-electron chi connectivity index (χ3n) is 4.25. The van der Waals surface area contributed by atoms with Crippen molar-refractivity contribution in [3.8, 4) is 0 Å². The van der Waals surface area contributed by atoms with Crippen molar-refractivity contribution in [3.05, 3.63) is 33.7 Å². The van der Waals surface area contributed by atoms with Crippen molar-refractivity contribution in [2.45, 2.75) is 64.4 Å². The largest absolute Gasteiger partial charge is 0.444 e. The van der Waals surface area contributed by atoms with Crippen LogP contribution in [0.4, 0.5) is 9.18 Å². The Bertz CT molecular complexity index is 863. The maximum absolute atomic E-state index is 14.6. The monoisotopic (exact) mass is 525 g/mol. The van der Waals surface area contributed by atoms with E-state index in [1.165, 1.54) is 6.08 Å². The Morgan fingerprint density at radius 1 is 1.39 bits per heavy atom. The van der Waals surface area contributed by atoms with Crippen molar-refractivity contribution < 1.29 is 18.1 Å². The Labute approximate surface area is 180 Å². The van der Waals surface area contributed by atoms with Gasteiger partial charge in [0.25, 0.3) is 0 Å². The summed E-state index contributed by atoms with van der Waals surface area (Å²) in [6, 6.07) is 0. The Kier molecular flexibility index (Phi) is 7.31. The van der Waals surface area contributed by atoms with E-state index in [0.717, 1.165) is 3.58 Å². The number of amides is 1. The summed E-state index contributed by atoms with van der Waals surface area (Å²) in [6.07, 6.45) is 2.07. The highest BCUT2D eigenvalue weighted by atomic mass is 127. The highest BCUT2D eigenvalue weighted by Crippen LogP contribution is 2.37. The molecule has 1 heterocycles. The molecular weight excluding hydrogens is 496 g/mol. The summed E-state index contributed by atoms with van der Waals surface area (Å²) in [4.78, 5) is 16.7. The third-order valence-corrected chi connectivity index (χ3v) is 7.42. The Balaban J connectivity index is 3.41. The molecule has 1 rings (SSSR count). The molecule has 6 nitrogen and oxygen atoms in total. The van der Waals surface area contributed by atoms with Gasteiger partial charge < -0.3 is 4.74 Å². The zero-order valence-electron chi connectivity index (χ0n) is 17.4. The van der Waals surface area contributed by atoms with Crippen LogP contribution in [0.15, 0.2) is 38.7 Å². The zero-order chi connectivity index (χ0) is 22.1. The van der Waals surface area contributed by atoms with Crippen molar-refractivity contribution >= 4 is 44.2 Å². The lowest BCUT2D eigenvalue weighted by atomic mass is 9.93. The quantitative estimate of drug-likeness (QED) is 0.389. The summed E-state index contributed by atoms with van der Waals surface area (Å²) in [6.45, 7) is 15.4. The number of nitrogens with one attached hydrogen (secondary N) is 2. The lowest BCUT2D eigenvalue weighted by Gasteiger charge is -2.41. The van der Waals surface area contributed by atoms with Crippen LogP contribution in [0.3, 0.4) is 0 Å². The van der Waals surface area contributed by atoms with Crippen LogP contribution < -0.4 is 5.32 Å². The van der Waals surface area contributed by atoms with Gasteiger partial charge in [0.15, 0.2) is 0 Å². The number of halogens is 2. The maximum Gasteiger partial charge on any atom is 0.413 e. The minimum atomic E-state index is -3.29. The number of aliphatic imine (C=N–C) groups is 1. The summed E-state index contributed by atoms with van der Waals surface area (Å²) >= 11 is 2.05. The third kappa shape index (κ3) is 5.88. The second-order valence-electron chi connectivity index (χ2n) is 8.44. The summed E-state index contributed by atoms with van der Waals surface area (Å²) in [5.41, 5.74) is -2.08. The molecule has 158 valence electrons. The van der Waals surface area contributed by atoms with E-state index in [0.29, 0.717) is 0 Å². The van der Waals surface area contributed by atoms with Gasteiger partial charge in [-0.25, -0.2) is 13.4 Å². The lowest BCUT2D eigenvalue weighted by molar-refractivity contribution is 0.0561. The average Bonchev–Trinajstić information content (AvgIpc) is 2.47. The molecule has 0 saturated heterocycles. The van der Waals surface area contributed by atoms with Crippen molar-refractivity contribution in [3.63, 3.8) is 0 Å². The van der Waals surface area contributed by atoms with Gasteiger partial charge in [-0.3, -0.25) is 15.1 Å². The summed E-state index contributed by atoms with van der Waals surface area (Å²) in [5.74, 6) is -0.807. The average molecular weight is 525 g/mol. The van der Waals surface area contributed by atoms with Crippen molar-refractivity contribution in [1.82, 2.24) is 5.32 Å². The van der Waals surface area contributed by atoms with Crippen LogP contribution in [-0.4, -0.2) is 37.8 Å². The molecule has 0 saturated carbocycles. The van der Waals surface area contributed by atoms with Crippen LogP contribution in [0.2, 0.25) is 0 Å². The molecule has 0 spiro atoms. The molecule has 0 radical (unpaired) electrons. The summed E-state index contributed by atoms with van der Waals surface area (Å²) in [5, 5.41) is 2.51. The van der Waals surface area contributed by atoms with Gasteiger partial charge in [0.2, 0.25) is 0 Å². The molecule has 9 heteroatoms. The number of nitrogens with zero attached hydrogens (tertiary/aromatic N) is 1. The second-order valence-corrected chi connectivity index (χ2v) is 12.8. The number of ether oxygens (including phenoxy) is 1. The topological polar surface area (TPSA) is 91.6 Å². The minimum Gasteiger partial charge on any atom is -0.444 e. The first kappa shape index (κ1) is 24.8. The van der Waals surface area contributed by atoms with E-state index in [2.05, 4.69) is 16.9 Å². The van der Waals surface area contributed by atoms with Gasteiger partial charge in [-0.05, 0) is 80.7 Å². The standard InChI is InChI=1S/C19H29FIN3O3S/c1-12(21)9-10-14(20)13(2)19(8)11-28(22,26)18(6,7)15(24-19)23-16(25)27-17(3,4)5/h9-10,22H,2,11H2,1,3-8H3,(H,23,24,25)/b12-9+,14-10+/t19-,28-/m0/s1. The van der Waals surface area contributed by atoms with E-state index in [1.54, 1.807) is 47.6 Å². The van der Waals surface area contributed by atoms with Crippen LogP contribution in [-0.2, 0) is 14.5 Å². The van der Waals surface area contributed by atoms with E-state index >= 15 is 0 Å². The molecule has 2 atom stereocenters. The smallest absolute Gasteiger partial charge is 0.413 e. The van der Waals surface area contributed by atoms with E-state index in [1.807, 2.05) is 29.5 Å². The Morgan fingerprint density at radius 3 is 2.39 bits per heavy atom. The number of hydrogen-bond acceptors (Lipinski definition) is 5. The number of alkyl carbamates (subject to hydrolysis) is 1. The van der Waals surface area contributed by atoms with E-state index in [9.17, 15) is 13.4 Å². The molecular formula is C19H29FIN3O3S. The molecule has 0 bridgehead atoms. The minimum absolute atomic E-state index is 0.000337. The number of rotatable bonds is 3. The van der Waals surface area contributed by atoms with Crippen molar-refractivity contribution in [2.75, 3.05) is 5.75 Å². The molecule has 0 aromatic heterocycles. The van der Waals surface area contributed by atoms with Gasteiger partial charge in [0.05, 0.1) is 21.0 Å². The van der Waals surface area contributed by atoms with Gasteiger partial charge >= 0.3 is 6.09 Å². The number of amidine groups is 1.